The van der Waals surface area contributed by atoms with Crippen LogP contribution in [-0.2, 0) is 0 Å². The molecule has 0 atom stereocenters. The summed E-state index contributed by atoms with van der Waals surface area (Å²) in [5, 5.41) is 8.79. The summed E-state index contributed by atoms with van der Waals surface area (Å²) >= 11 is 0. The van der Waals surface area contributed by atoms with Gasteiger partial charge in [-0.05, 0) is 47.9 Å². The van der Waals surface area contributed by atoms with Gasteiger partial charge >= 0.3 is 5.97 Å². The molecule has 3 nitrogen and oxygen atoms in total. The van der Waals surface area contributed by atoms with E-state index in [1.54, 1.807) is 19.2 Å². The fraction of sp³-hybridized carbons (Fsp3) is 0.133. The van der Waals surface area contributed by atoms with Gasteiger partial charge in [-0.3, -0.25) is 0 Å². The van der Waals surface area contributed by atoms with Crippen LogP contribution in [0.25, 0.3) is 11.1 Å². The molecule has 0 radical (unpaired) electrons. The minimum atomic E-state index is -1.27. The number of halogens is 1. The van der Waals surface area contributed by atoms with E-state index in [2.05, 4.69) is 0 Å². The summed E-state index contributed by atoms with van der Waals surface area (Å²) in [5.41, 5.74) is 2.09. The Bertz CT molecular complexity index is 635. The summed E-state index contributed by atoms with van der Waals surface area (Å²) in [4.78, 5) is 10.8. The van der Waals surface area contributed by atoms with Gasteiger partial charge in [-0.15, -0.1) is 0 Å². The van der Waals surface area contributed by atoms with Crippen LogP contribution in [0.15, 0.2) is 36.4 Å². The van der Waals surface area contributed by atoms with Crippen LogP contribution >= 0.6 is 0 Å². The SMILES string of the molecule is COc1ccc(-c2ccc(C(=O)O)c(F)c2)c(C)c1. The van der Waals surface area contributed by atoms with Crippen molar-refractivity contribution in [1.29, 1.82) is 0 Å². The molecule has 0 fully saturated rings. The number of carboxylic acids is 1. The molecule has 0 spiro atoms. The molecule has 0 unspecified atom stereocenters. The number of aromatic carboxylic acids is 1. The Balaban J connectivity index is 2.48. The molecule has 0 saturated carbocycles. The summed E-state index contributed by atoms with van der Waals surface area (Å²) in [6.45, 7) is 1.89. The normalized spacial score (nSPS) is 10.3. The van der Waals surface area contributed by atoms with Crippen LogP contribution in [0.5, 0.6) is 5.75 Å². The van der Waals surface area contributed by atoms with Crippen molar-refractivity contribution in [3.8, 4) is 16.9 Å². The van der Waals surface area contributed by atoms with E-state index in [9.17, 15) is 9.18 Å². The molecule has 19 heavy (non-hydrogen) atoms. The lowest BCUT2D eigenvalue weighted by atomic mass is 9.99. The third kappa shape index (κ3) is 2.57. The predicted octanol–water partition coefficient (Wildman–Crippen LogP) is 3.51. The van der Waals surface area contributed by atoms with Crippen LogP contribution in [-0.4, -0.2) is 18.2 Å². The number of rotatable bonds is 3. The third-order valence-corrected chi connectivity index (χ3v) is 2.94. The molecule has 0 amide bonds. The van der Waals surface area contributed by atoms with Gasteiger partial charge in [0, 0.05) is 0 Å². The average Bonchev–Trinajstić information content (AvgIpc) is 2.37. The maximum Gasteiger partial charge on any atom is 0.338 e. The summed E-state index contributed by atoms with van der Waals surface area (Å²) in [6.07, 6.45) is 0. The molecule has 4 heteroatoms. The highest BCUT2D eigenvalue weighted by molar-refractivity contribution is 5.88. The maximum absolute atomic E-state index is 13.7. The van der Waals surface area contributed by atoms with Gasteiger partial charge in [0.1, 0.15) is 11.6 Å². The van der Waals surface area contributed by atoms with Crippen LogP contribution in [0, 0.1) is 12.7 Å². The second-order valence-corrected chi connectivity index (χ2v) is 4.18. The van der Waals surface area contributed by atoms with E-state index in [0.717, 1.165) is 16.9 Å². The summed E-state index contributed by atoms with van der Waals surface area (Å²) < 4.78 is 18.8. The van der Waals surface area contributed by atoms with Crippen molar-refractivity contribution in [3.63, 3.8) is 0 Å². The lowest BCUT2D eigenvalue weighted by Crippen LogP contribution is -2.00. The van der Waals surface area contributed by atoms with Gasteiger partial charge in [-0.25, -0.2) is 9.18 Å². The molecular weight excluding hydrogens is 247 g/mol. The zero-order chi connectivity index (χ0) is 14.0. The van der Waals surface area contributed by atoms with E-state index < -0.39 is 11.8 Å². The van der Waals surface area contributed by atoms with Crippen LogP contribution in [0.1, 0.15) is 15.9 Å². The van der Waals surface area contributed by atoms with E-state index in [4.69, 9.17) is 9.84 Å². The molecule has 0 aliphatic heterocycles. The molecule has 2 aromatic carbocycles. The first-order valence-corrected chi connectivity index (χ1v) is 5.71. The number of benzene rings is 2. The van der Waals surface area contributed by atoms with E-state index >= 15 is 0 Å². The Morgan fingerprint density at radius 1 is 1.21 bits per heavy atom. The highest BCUT2D eigenvalue weighted by atomic mass is 19.1. The van der Waals surface area contributed by atoms with Crippen molar-refractivity contribution >= 4 is 5.97 Å². The van der Waals surface area contributed by atoms with Crippen LogP contribution < -0.4 is 4.74 Å². The molecule has 0 aliphatic carbocycles. The lowest BCUT2D eigenvalue weighted by molar-refractivity contribution is 0.0692. The van der Waals surface area contributed by atoms with Gasteiger partial charge in [0.2, 0.25) is 0 Å². The molecule has 1 N–H and O–H groups in total. The highest BCUT2D eigenvalue weighted by Crippen LogP contribution is 2.28. The fourth-order valence-corrected chi connectivity index (χ4v) is 1.94. The van der Waals surface area contributed by atoms with E-state index in [1.165, 1.54) is 12.1 Å². The Kier molecular flexibility index (Phi) is 3.51. The van der Waals surface area contributed by atoms with Crippen molar-refractivity contribution in [2.24, 2.45) is 0 Å². The van der Waals surface area contributed by atoms with E-state index in [1.807, 2.05) is 19.1 Å². The van der Waals surface area contributed by atoms with Gasteiger partial charge in [0.25, 0.3) is 0 Å². The standard InChI is InChI=1S/C15H13FO3/c1-9-7-11(19-2)4-6-12(9)10-3-5-13(15(17)18)14(16)8-10/h3-8H,1-2H3,(H,17,18). The largest absolute Gasteiger partial charge is 0.497 e. The molecule has 0 saturated heterocycles. The molecular formula is C15H13FO3. The number of carbonyl (C=O) groups is 1. The first-order valence-electron chi connectivity index (χ1n) is 5.71. The number of ether oxygens (including phenoxy) is 1. The Morgan fingerprint density at radius 2 is 1.95 bits per heavy atom. The number of hydrogen-bond donors (Lipinski definition) is 1. The molecule has 2 rings (SSSR count). The van der Waals surface area contributed by atoms with Gasteiger partial charge in [-0.1, -0.05) is 12.1 Å². The van der Waals surface area contributed by atoms with Crippen molar-refractivity contribution < 1.29 is 19.0 Å². The van der Waals surface area contributed by atoms with Crippen LogP contribution in [0.4, 0.5) is 4.39 Å². The number of hydrogen-bond acceptors (Lipinski definition) is 2. The molecule has 0 aliphatic rings. The van der Waals surface area contributed by atoms with Crippen LogP contribution in [0.2, 0.25) is 0 Å². The van der Waals surface area contributed by atoms with Crippen molar-refractivity contribution in [2.45, 2.75) is 6.92 Å². The second-order valence-electron chi connectivity index (χ2n) is 4.18. The summed E-state index contributed by atoms with van der Waals surface area (Å²) in [6, 6.07) is 9.56. The molecule has 0 heterocycles. The number of methoxy groups -OCH3 is 1. The van der Waals surface area contributed by atoms with Gasteiger partial charge in [-0.2, -0.15) is 0 Å². The molecule has 0 bridgehead atoms. The smallest absolute Gasteiger partial charge is 0.338 e. The minimum absolute atomic E-state index is 0.324. The molecule has 0 aromatic heterocycles. The van der Waals surface area contributed by atoms with Gasteiger partial charge in [0.05, 0.1) is 12.7 Å². The van der Waals surface area contributed by atoms with E-state index in [0.29, 0.717) is 5.56 Å². The average molecular weight is 260 g/mol. The highest BCUT2D eigenvalue weighted by Gasteiger charge is 2.12. The monoisotopic (exact) mass is 260 g/mol. The fourth-order valence-electron chi connectivity index (χ4n) is 1.94. The van der Waals surface area contributed by atoms with Crippen LogP contribution in [0.3, 0.4) is 0 Å². The van der Waals surface area contributed by atoms with E-state index in [-0.39, 0.29) is 5.56 Å². The first-order chi connectivity index (χ1) is 9.02. The molecule has 98 valence electrons. The number of aryl methyl sites for hydroxylation is 1. The molecule has 2 aromatic rings. The summed E-state index contributed by atoms with van der Waals surface area (Å²) in [7, 11) is 1.58. The lowest BCUT2D eigenvalue weighted by Gasteiger charge is -2.09. The summed E-state index contributed by atoms with van der Waals surface area (Å²) in [5.74, 6) is -1.28. The number of carboxylic acid groups (broad SMARTS) is 1. The third-order valence-electron chi connectivity index (χ3n) is 2.94. The zero-order valence-corrected chi connectivity index (χ0v) is 10.6. The second kappa shape index (κ2) is 5.10. The topological polar surface area (TPSA) is 46.5 Å². The Labute approximate surface area is 110 Å². The van der Waals surface area contributed by atoms with Crippen molar-refractivity contribution in [1.82, 2.24) is 0 Å². The van der Waals surface area contributed by atoms with Gasteiger partial charge < -0.3 is 9.84 Å². The maximum atomic E-state index is 13.7. The van der Waals surface area contributed by atoms with Crippen molar-refractivity contribution in [3.05, 3.63) is 53.3 Å². The van der Waals surface area contributed by atoms with Gasteiger partial charge in [0.15, 0.2) is 0 Å². The first kappa shape index (κ1) is 13.1. The van der Waals surface area contributed by atoms with Crippen molar-refractivity contribution in [2.75, 3.05) is 7.11 Å². The Hall–Kier alpha value is -2.36. The zero-order valence-electron chi connectivity index (χ0n) is 10.6. The predicted molar refractivity (Wildman–Crippen MR) is 70.1 cm³/mol. The Morgan fingerprint density at radius 3 is 2.47 bits per heavy atom. The quantitative estimate of drug-likeness (QED) is 0.918. The minimum Gasteiger partial charge on any atom is -0.497 e.